The summed E-state index contributed by atoms with van der Waals surface area (Å²) in [6.07, 6.45) is 0. The van der Waals surface area contributed by atoms with Gasteiger partial charge >= 0.3 is 5.97 Å². The number of hydrogen-bond donors (Lipinski definition) is 1. The number of carboxylic acid groups (broad SMARTS) is 1. The smallest absolute Gasteiger partial charge is 0.337 e. The van der Waals surface area contributed by atoms with Gasteiger partial charge in [-0.05, 0) is 67.1 Å². The Bertz CT molecular complexity index is 629. The SMILES string of the molecule is Cc1ccc(I)cc1-n1c(C)cc(C(=O)O)c1C. The molecule has 18 heavy (non-hydrogen) atoms. The van der Waals surface area contributed by atoms with Crippen molar-refractivity contribution < 1.29 is 9.90 Å². The van der Waals surface area contributed by atoms with Crippen LogP contribution in [0.3, 0.4) is 0 Å². The van der Waals surface area contributed by atoms with Gasteiger partial charge in [0.05, 0.1) is 5.56 Å². The third-order valence-electron chi connectivity index (χ3n) is 3.07. The summed E-state index contributed by atoms with van der Waals surface area (Å²) in [7, 11) is 0. The zero-order valence-electron chi connectivity index (χ0n) is 10.5. The summed E-state index contributed by atoms with van der Waals surface area (Å²) in [5, 5.41) is 9.16. The molecule has 1 aromatic heterocycles. The van der Waals surface area contributed by atoms with Gasteiger partial charge in [-0.3, -0.25) is 0 Å². The van der Waals surface area contributed by atoms with Crippen molar-refractivity contribution in [1.82, 2.24) is 4.57 Å². The fourth-order valence-corrected chi connectivity index (χ4v) is 2.65. The standard InChI is InChI=1S/C14H14INO2/c1-8-4-5-11(15)7-13(8)16-9(2)6-12(10(16)3)14(17)18/h4-7H,1-3H3,(H,17,18). The molecule has 0 spiro atoms. The molecule has 94 valence electrons. The maximum Gasteiger partial charge on any atom is 0.337 e. The molecule has 0 fully saturated rings. The second-order valence-electron chi connectivity index (χ2n) is 4.36. The molecule has 4 heteroatoms. The zero-order valence-corrected chi connectivity index (χ0v) is 12.6. The molecule has 0 aliphatic rings. The van der Waals surface area contributed by atoms with Gasteiger partial charge in [0.1, 0.15) is 0 Å². The van der Waals surface area contributed by atoms with E-state index in [1.807, 2.05) is 31.4 Å². The molecular formula is C14H14INO2. The number of halogens is 1. The molecule has 0 bridgehead atoms. The van der Waals surface area contributed by atoms with Crippen LogP contribution in [0.1, 0.15) is 27.3 Å². The molecule has 2 aromatic rings. The Kier molecular flexibility index (Phi) is 3.47. The van der Waals surface area contributed by atoms with Gasteiger partial charge in [0.25, 0.3) is 0 Å². The Morgan fingerprint density at radius 2 is 1.89 bits per heavy atom. The number of carboxylic acids is 1. The van der Waals surface area contributed by atoms with Crippen LogP contribution >= 0.6 is 22.6 Å². The summed E-state index contributed by atoms with van der Waals surface area (Å²) in [4.78, 5) is 11.2. The van der Waals surface area contributed by atoms with Crippen LogP contribution < -0.4 is 0 Å². The predicted molar refractivity (Wildman–Crippen MR) is 79.7 cm³/mol. The first kappa shape index (κ1) is 13.1. The highest BCUT2D eigenvalue weighted by Crippen LogP contribution is 2.24. The first-order valence-electron chi connectivity index (χ1n) is 5.60. The lowest BCUT2D eigenvalue weighted by atomic mass is 10.2. The fourth-order valence-electron chi connectivity index (χ4n) is 2.17. The topological polar surface area (TPSA) is 42.2 Å². The van der Waals surface area contributed by atoms with E-state index in [2.05, 4.69) is 34.7 Å². The third kappa shape index (κ3) is 2.16. The minimum absolute atomic E-state index is 0.366. The van der Waals surface area contributed by atoms with Crippen molar-refractivity contribution in [2.45, 2.75) is 20.8 Å². The van der Waals surface area contributed by atoms with Gasteiger partial charge < -0.3 is 9.67 Å². The fraction of sp³-hybridized carbons (Fsp3) is 0.214. The normalized spacial score (nSPS) is 10.7. The van der Waals surface area contributed by atoms with Crippen LogP contribution in [-0.2, 0) is 0 Å². The highest BCUT2D eigenvalue weighted by Gasteiger charge is 2.16. The van der Waals surface area contributed by atoms with E-state index < -0.39 is 5.97 Å². The van der Waals surface area contributed by atoms with Crippen molar-refractivity contribution >= 4 is 28.6 Å². The zero-order chi connectivity index (χ0) is 13.4. The maximum atomic E-state index is 11.2. The molecule has 0 amide bonds. The summed E-state index contributed by atoms with van der Waals surface area (Å²) in [5.41, 5.74) is 4.25. The Labute approximate surface area is 120 Å². The van der Waals surface area contributed by atoms with Gasteiger partial charge in [-0.25, -0.2) is 4.79 Å². The van der Waals surface area contributed by atoms with Crippen molar-refractivity contribution in [2.75, 3.05) is 0 Å². The number of carbonyl (C=O) groups is 1. The Balaban J connectivity index is 2.71. The minimum atomic E-state index is -0.877. The van der Waals surface area contributed by atoms with Crippen LogP contribution in [-0.4, -0.2) is 15.6 Å². The van der Waals surface area contributed by atoms with E-state index in [1.165, 1.54) is 0 Å². The highest BCUT2D eigenvalue weighted by molar-refractivity contribution is 14.1. The van der Waals surface area contributed by atoms with E-state index in [-0.39, 0.29) is 0 Å². The Hall–Kier alpha value is -1.30. The molecule has 1 aromatic carbocycles. The van der Waals surface area contributed by atoms with Gasteiger partial charge in [-0.15, -0.1) is 0 Å². The molecule has 0 saturated heterocycles. The van der Waals surface area contributed by atoms with Crippen molar-refractivity contribution in [3.63, 3.8) is 0 Å². The van der Waals surface area contributed by atoms with E-state index >= 15 is 0 Å². The molecule has 3 nitrogen and oxygen atoms in total. The van der Waals surface area contributed by atoms with Crippen LogP contribution in [0.2, 0.25) is 0 Å². The van der Waals surface area contributed by atoms with E-state index in [0.717, 1.165) is 26.2 Å². The van der Waals surface area contributed by atoms with Gasteiger partial charge in [0.2, 0.25) is 0 Å². The first-order valence-corrected chi connectivity index (χ1v) is 6.68. The van der Waals surface area contributed by atoms with Crippen molar-refractivity contribution in [1.29, 1.82) is 0 Å². The van der Waals surface area contributed by atoms with E-state index in [0.29, 0.717) is 5.56 Å². The molecule has 0 aliphatic heterocycles. The molecule has 1 N–H and O–H groups in total. The monoisotopic (exact) mass is 355 g/mol. The van der Waals surface area contributed by atoms with Crippen LogP contribution in [0.5, 0.6) is 0 Å². The van der Waals surface area contributed by atoms with Crippen LogP contribution in [0, 0.1) is 24.3 Å². The van der Waals surface area contributed by atoms with Gasteiger partial charge in [-0.2, -0.15) is 0 Å². The Morgan fingerprint density at radius 1 is 1.22 bits per heavy atom. The average molecular weight is 355 g/mol. The minimum Gasteiger partial charge on any atom is -0.478 e. The molecular weight excluding hydrogens is 341 g/mol. The van der Waals surface area contributed by atoms with Crippen LogP contribution in [0.4, 0.5) is 0 Å². The van der Waals surface area contributed by atoms with Crippen molar-refractivity contribution in [3.8, 4) is 5.69 Å². The van der Waals surface area contributed by atoms with Crippen LogP contribution in [0.25, 0.3) is 5.69 Å². The number of rotatable bonds is 2. The lowest BCUT2D eigenvalue weighted by Gasteiger charge is -2.13. The molecule has 0 saturated carbocycles. The molecule has 0 atom stereocenters. The molecule has 0 unspecified atom stereocenters. The van der Waals surface area contributed by atoms with E-state index in [4.69, 9.17) is 5.11 Å². The van der Waals surface area contributed by atoms with E-state index in [1.54, 1.807) is 6.07 Å². The molecule has 0 radical (unpaired) electrons. The lowest BCUT2D eigenvalue weighted by Crippen LogP contribution is -2.04. The lowest BCUT2D eigenvalue weighted by molar-refractivity contribution is 0.0696. The average Bonchev–Trinajstić information content (AvgIpc) is 2.58. The predicted octanol–water partition coefficient (Wildman–Crippen LogP) is 3.71. The summed E-state index contributed by atoms with van der Waals surface area (Å²) >= 11 is 2.26. The molecule has 2 rings (SSSR count). The van der Waals surface area contributed by atoms with Gasteiger partial charge in [-0.1, -0.05) is 6.07 Å². The second kappa shape index (κ2) is 4.76. The van der Waals surface area contributed by atoms with Gasteiger partial charge in [0, 0.05) is 20.6 Å². The highest BCUT2D eigenvalue weighted by atomic mass is 127. The van der Waals surface area contributed by atoms with E-state index in [9.17, 15) is 4.79 Å². The first-order chi connectivity index (χ1) is 8.41. The molecule has 0 aliphatic carbocycles. The largest absolute Gasteiger partial charge is 0.478 e. The number of aromatic nitrogens is 1. The third-order valence-corrected chi connectivity index (χ3v) is 3.74. The van der Waals surface area contributed by atoms with Crippen LogP contribution in [0.15, 0.2) is 24.3 Å². The summed E-state index contributed by atoms with van der Waals surface area (Å²) in [5.74, 6) is -0.877. The number of nitrogens with zero attached hydrogens (tertiary/aromatic N) is 1. The van der Waals surface area contributed by atoms with Crippen molar-refractivity contribution in [3.05, 3.63) is 50.4 Å². The number of aryl methyl sites for hydroxylation is 2. The Morgan fingerprint density at radius 3 is 2.44 bits per heavy atom. The van der Waals surface area contributed by atoms with Gasteiger partial charge in [0.15, 0.2) is 0 Å². The number of benzene rings is 1. The van der Waals surface area contributed by atoms with Crippen molar-refractivity contribution in [2.24, 2.45) is 0 Å². The summed E-state index contributed by atoms with van der Waals surface area (Å²) in [6, 6.07) is 7.89. The maximum absolute atomic E-state index is 11.2. The number of hydrogen-bond acceptors (Lipinski definition) is 1. The quantitative estimate of drug-likeness (QED) is 0.835. The summed E-state index contributed by atoms with van der Waals surface area (Å²) in [6.45, 7) is 5.80. The molecule has 1 heterocycles. The summed E-state index contributed by atoms with van der Waals surface area (Å²) < 4.78 is 3.14. The second-order valence-corrected chi connectivity index (χ2v) is 5.60. The number of aromatic carboxylic acids is 1.